The zero-order valence-corrected chi connectivity index (χ0v) is 14.5. The van der Waals surface area contributed by atoms with E-state index in [1.54, 1.807) is 0 Å². The van der Waals surface area contributed by atoms with Crippen LogP contribution in [0.15, 0.2) is 0 Å². The molecule has 0 spiro atoms. The van der Waals surface area contributed by atoms with Crippen LogP contribution < -0.4 is 0 Å². The van der Waals surface area contributed by atoms with E-state index < -0.39 is 69.3 Å². The molecule has 0 radical (unpaired) electrons. The number of hydrogen-bond donors (Lipinski definition) is 1. The van der Waals surface area contributed by atoms with Crippen molar-refractivity contribution in [2.45, 2.75) is 47.6 Å². The summed E-state index contributed by atoms with van der Waals surface area (Å²) in [6.45, 7) is 0. The number of Topliss-reactive ketones (excluding diaryl/α,β-unsaturated/α-hetero) is 1. The molecule has 0 aliphatic carbocycles. The molecule has 0 unspecified atom stereocenters. The number of rotatable bonds is 9. The van der Waals surface area contributed by atoms with Crippen molar-refractivity contribution in [1.29, 1.82) is 0 Å². The highest BCUT2D eigenvalue weighted by atomic mass is 32.2. The van der Waals surface area contributed by atoms with Gasteiger partial charge in [-0.25, -0.2) is 0 Å². The fraction of sp³-hybridized carbons (Fsp3) is 0.900. The van der Waals surface area contributed by atoms with E-state index >= 15 is 0 Å². The van der Waals surface area contributed by atoms with Crippen LogP contribution in [0.1, 0.15) is 0 Å². The zero-order chi connectivity index (χ0) is 26.8. The van der Waals surface area contributed by atoms with Gasteiger partial charge in [-0.3, -0.25) is 9.35 Å². The van der Waals surface area contributed by atoms with Gasteiger partial charge >= 0.3 is 47.6 Å². The maximum Gasteiger partial charge on any atom is 0.460 e. The van der Waals surface area contributed by atoms with Crippen LogP contribution in [0.2, 0.25) is 0 Å². The number of ketones is 1. The Bertz CT molecular complexity index is 840. The van der Waals surface area contributed by atoms with Crippen LogP contribution in [0.25, 0.3) is 0 Å². The maximum atomic E-state index is 13.3. The molecule has 0 aromatic rings. The van der Waals surface area contributed by atoms with Crippen molar-refractivity contribution in [3.63, 3.8) is 0 Å². The second-order valence-electron chi connectivity index (χ2n) is 5.67. The Morgan fingerprint density at radius 2 is 0.781 bits per heavy atom. The molecule has 0 aromatic heterocycles. The van der Waals surface area contributed by atoms with Crippen molar-refractivity contribution >= 4 is 15.9 Å². The van der Waals surface area contributed by atoms with Crippen molar-refractivity contribution in [1.82, 2.24) is 0 Å². The van der Waals surface area contributed by atoms with Gasteiger partial charge in [0, 0.05) is 0 Å². The predicted octanol–water partition coefficient (Wildman–Crippen LogP) is 4.45. The molecule has 0 saturated carbocycles. The number of alkyl halides is 17. The van der Waals surface area contributed by atoms with E-state index in [0.29, 0.717) is 0 Å². The van der Waals surface area contributed by atoms with Crippen LogP contribution in [0.4, 0.5) is 74.6 Å². The molecule has 0 amide bonds. The van der Waals surface area contributed by atoms with Crippen molar-refractivity contribution in [2.75, 3.05) is 5.75 Å². The first-order valence-electron chi connectivity index (χ1n) is 6.57. The molecule has 0 aliphatic heterocycles. The van der Waals surface area contributed by atoms with Crippen LogP contribution in [0.5, 0.6) is 0 Å². The van der Waals surface area contributed by atoms with Crippen LogP contribution in [-0.2, 0) is 14.9 Å². The lowest BCUT2D eigenvalue weighted by molar-refractivity contribution is -0.459. The van der Waals surface area contributed by atoms with Gasteiger partial charge in [0.1, 0.15) is 5.75 Å². The summed E-state index contributed by atoms with van der Waals surface area (Å²) < 4.78 is 247. The first kappa shape index (κ1) is 30.4. The minimum Gasteiger partial charge on any atom is -0.291 e. The van der Waals surface area contributed by atoms with E-state index in [2.05, 4.69) is 0 Å². The first-order chi connectivity index (χ1) is 13.4. The molecule has 0 aliphatic rings. The first-order valence-corrected chi connectivity index (χ1v) is 8.18. The molecule has 0 fully saturated rings. The highest BCUT2D eigenvalue weighted by Crippen LogP contribution is 2.63. The van der Waals surface area contributed by atoms with Gasteiger partial charge < -0.3 is 0 Å². The minimum atomic E-state index is -8.89. The van der Waals surface area contributed by atoms with Gasteiger partial charge in [0.15, 0.2) is 0 Å². The van der Waals surface area contributed by atoms with E-state index in [0.717, 1.165) is 0 Å². The summed E-state index contributed by atoms with van der Waals surface area (Å²) in [5.74, 6) is -66.7. The third kappa shape index (κ3) is 4.06. The summed E-state index contributed by atoms with van der Waals surface area (Å²) in [4.78, 5) is 10.7. The average Bonchev–Trinajstić information content (AvgIpc) is 2.50. The van der Waals surface area contributed by atoms with E-state index in [9.17, 15) is 87.8 Å². The molecular weight excluding hydrogens is 539 g/mol. The summed E-state index contributed by atoms with van der Waals surface area (Å²) in [6, 6.07) is 0. The van der Waals surface area contributed by atoms with E-state index in [4.69, 9.17) is 4.55 Å². The second kappa shape index (κ2) is 7.45. The van der Waals surface area contributed by atoms with E-state index in [-0.39, 0.29) is 0 Å². The summed E-state index contributed by atoms with van der Waals surface area (Å²) in [5.41, 5.74) is 0. The van der Waals surface area contributed by atoms with Gasteiger partial charge in [-0.1, -0.05) is 0 Å². The topological polar surface area (TPSA) is 71.4 Å². The molecule has 0 bridgehead atoms. The zero-order valence-electron chi connectivity index (χ0n) is 13.7. The van der Waals surface area contributed by atoms with Crippen LogP contribution in [0, 0.1) is 0 Å². The standard InChI is InChI=1S/C10H3F17O4S/c11-3(12,2(28)1-32(29,30)31)4(13,14)5(15,16)6(17,18)7(19,20)8(21,22)9(23,24)10(25,26)27/h1H2,(H,29,30,31). The molecule has 0 rings (SSSR count). The van der Waals surface area contributed by atoms with Crippen molar-refractivity contribution in [2.24, 2.45) is 0 Å². The van der Waals surface area contributed by atoms with Crippen LogP contribution in [0.3, 0.4) is 0 Å². The Balaban J connectivity index is 6.81. The summed E-state index contributed by atoms with van der Waals surface area (Å²) >= 11 is 0. The van der Waals surface area contributed by atoms with Crippen molar-refractivity contribution in [3.8, 4) is 0 Å². The molecule has 0 heterocycles. The molecule has 32 heavy (non-hydrogen) atoms. The SMILES string of the molecule is O=C(CS(=O)(=O)O)C(F)(F)C(F)(F)C(F)(F)C(F)(F)C(F)(F)C(F)(F)C(F)(F)C(F)(F)F. The molecule has 192 valence electrons. The van der Waals surface area contributed by atoms with Gasteiger partial charge in [0.05, 0.1) is 0 Å². The Kier molecular flexibility index (Phi) is 7.07. The molecule has 0 saturated heterocycles. The lowest BCUT2D eigenvalue weighted by Crippen LogP contribution is -2.75. The van der Waals surface area contributed by atoms with Gasteiger partial charge in [-0.2, -0.15) is 83.1 Å². The van der Waals surface area contributed by atoms with Crippen LogP contribution >= 0.6 is 0 Å². The molecule has 22 heteroatoms. The minimum absolute atomic E-state index is 3.27. The molecular formula is C10H3F17O4S. The Morgan fingerprint density at radius 1 is 0.531 bits per heavy atom. The van der Waals surface area contributed by atoms with E-state index in [1.165, 1.54) is 0 Å². The summed E-state index contributed by atoms with van der Waals surface area (Å²) in [7, 11) is -6.12. The Morgan fingerprint density at radius 3 is 1.03 bits per heavy atom. The Hall–Kier alpha value is -1.61. The fourth-order valence-corrected chi connectivity index (χ4v) is 2.11. The maximum absolute atomic E-state index is 13.3. The van der Waals surface area contributed by atoms with Crippen molar-refractivity contribution in [3.05, 3.63) is 0 Å². The fourth-order valence-electron chi connectivity index (χ4n) is 1.60. The smallest absolute Gasteiger partial charge is 0.291 e. The predicted molar refractivity (Wildman–Crippen MR) is 62.1 cm³/mol. The van der Waals surface area contributed by atoms with Gasteiger partial charge in [-0.15, -0.1) is 0 Å². The summed E-state index contributed by atoms with van der Waals surface area (Å²) in [6.07, 6.45) is -7.90. The molecule has 1 N–H and O–H groups in total. The molecule has 0 aromatic carbocycles. The van der Waals surface area contributed by atoms with E-state index in [1.807, 2.05) is 0 Å². The largest absolute Gasteiger partial charge is 0.460 e. The summed E-state index contributed by atoms with van der Waals surface area (Å²) in [5, 5.41) is 0. The Labute approximate surface area is 163 Å². The lowest BCUT2D eigenvalue weighted by atomic mass is 9.88. The average molecular weight is 542 g/mol. The van der Waals surface area contributed by atoms with Gasteiger partial charge in [-0.05, 0) is 0 Å². The van der Waals surface area contributed by atoms with Gasteiger partial charge in [0.2, 0.25) is 5.78 Å². The third-order valence-electron chi connectivity index (χ3n) is 3.39. The number of halogens is 17. The number of hydrogen-bond acceptors (Lipinski definition) is 3. The number of carbonyl (C=O) groups is 1. The molecule has 0 atom stereocenters. The highest BCUT2D eigenvalue weighted by molar-refractivity contribution is 7.86. The highest BCUT2D eigenvalue weighted by Gasteiger charge is 2.95. The molecule has 4 nitrogen and oxygen atoms in total. The third-order valence-corrected chi connectivity index (χ3v) is 4.01. The number of carbonyl (C=O) groups excluding carboxylic acids is 1. The van der Waals surface area contributed by atoms with Crippen molar-refractivity contribution < 1.29 is 92.4 Å². The van der Waals surface area contributed by atoms with Crippen LogP contribution in [-0.4, -0.2) is 72.1 Å². The second-order valence-corrected chi connectivity index (χ2v) is 7.12. The normalized spacial score (nSPS) is 16.3. The quantitative estimate of drug-likeness (QED) is 0.346. The lowest BCUT2D eigenvalue weighted by Gasteiger charge is -2.42. The monoisotopic (exact) mass is 542 g/mol. The van der Waals surface area contributed by atoms with Gasteiger partial charge in [0.25, 0.3) is 10.1 Å².